The fourth-order valence-electron chi connectivity index (χ4n) is 3.21. The highest BCUT2D eigenvalue weighted by Gasteiger charge is 2.22. The zero-order valence-corrected chi connectivity index (χ0v) is 17.0. The van der Waals surface area contributed by atoms with E-state index >= 15 is 0 Å². The fraction of sp³-hybridized carbons (Fsp3) is 0.227. The molecule has 3 aromatic rings. The van der Waals surface area contributed by atoms with Crippen molar-refractivity contribution in [3.63, 3.8) is 0 Å². The number of aromatic nitrogens is 1. The summed E-state index contributed by atoms with van der Waals surface area (Å²) < 4.78 is 26.5. The molecule has 0 fully saturated rings. The number of ether oxygens (including phenoxy) is 5. The molecule has 0 radical (unpaired) electrons. The first-order valence-electron chi connectivity index (χ1n) is 8.82. The van der Waals surface area contributed by atoms with E-state index in [1.807, 2.05) is 30.3 Å². The van der Waals surface area contributed by atoms with Gasteiger partial charge in [0.15, 0.2) is 23.0 Å². The van der Waals surface area contributed by atoms with Gasteiger partial charge in [-0.25, -0.2) is 4.79 Å². The summed E-state index contributed by atoms with van der Waals surface area (Å²) in [5.41, 5.74) is 3.45. The molecule has 0 aliphatic carbocycles. The number of carbonyl (C=O) groups excluding carboxylic acids is 1. The number of aromatic amines is 1. The van der Waals surface area contributed by atoms with Crippen molar-refractivity contribution in [2.24, 2.45) is 0 Å². The van der Waals surface area contributed by atoms with E-state index < -0.39 is 5.97 Å². The van der Waals surface area contributed by atoms with E-state index in [9.17, 15) is 4.79 Å². The Bertz CT molecular complexity index is 1020. The first kappa shape index (κ1) is 20.1. The highest BCUT2D eigenvalue weighted by Crippen LogP contribution is 2.41. The maximum Gasteiger partial charge on any atom is 0.355 e. The van der Waals surface area contributed by atoms with Crippen LogP contribution in [0.2, 0.25) is 0 Å². The summed E-state index contributed by atoms with van der Waals surface area (Å²) in [6.45, 7) is 0. The van der Waals surface area contributed by atoms with Crippen LogP contribution < -0.4 is 18.9 Å². The van der Waals surface area contributed by atoms with E-state index in [-0.39, 0.29) is 0 Å². The van der Waals surface area contributed by atoms with Crippen LogP contribution in [0.5, 0.6) is 23.0 Å². The van der Waals surface area contributed by atoms with E-state index in [1.165, 1.54) is 7.11 Å². The molecule has 0 spiro atoms. The minimum atomic E-state index is -0.471. The zero-order chi connectivity index (χ0) is 21.0. The molecule has 7 heteroatoms. The van der Waals surface area contributed by atoms with E-state index in [0.29, 0.717) is 34.3 Å². The van der Waals surface area contributed by atoms with Gasteiger partial charge in [-0.2, -0.15) is 0 Å². The van der Waals surface area contributed by atoms with Gasteiger partial charge in [-0.1, -0.05) is 12.1 Å². The smallest absolute Gasteiger partial charge is 0.355 e. The van der Waals surface area contributed by atoms with Crippen molar-refractivity contribution >= 4 is 5.97 Å². The molecule has 0 bridgehead atoms. The second kappa shape index (κ2) is 8.60. The van der Waals surface area contributed by atoms with Crippen molar-refractivity contribution < 1.29 is 28.5 Å². The van der Waals surface area contributed by atoms with Gasteiger partial charge in [-0.05, 0) is 35.4 Å². The fourth-order valence-corrected chi connectivity index (χ4v) is 3.21. The predicted molar refractivity (Wildman–Crippen MR) is 109 cm³/mol. The largest absolute Gasteiger partial charge is 0.493 e. The van der Waals surface area contributed by atoms with Crippen LogP contribution in [0, 0.1) is 0 Å². The summed E-state index contributed by atoms with van der Waals surface area (Å²) in [6.07, 6.45) is 1.76. The van der Waals surface area contributed by atoms with Crippen LogP contribution in [-0.2, 0) is 4.74 Å². The van der Waals surface area contributed by atoms with Crippen molar-refractivity contribution in [1.82, 2.24) is 4.98 Å². The van der Waals surface area contributed by atoms with Gasteiger partial charge in [0.2, 0.25) is 0 Å². The van der Waals surface area contributed by atoms with Gasteiger partial charge in [-0.15, -0.1) is 0 Å². The van der Waals surface area contributed by atoms with Crippen LogP contribution >= 0.6 is 0 Å². The van der Waals surface area contributed by atoms with Crippen molar-refractivity contribution in [2.75, 3.05) is 35.5 Å². The second-order valence-corrected chi connectivity index (χ2v) is 6.08. The summed E-state index contributed by atoms with van der Waals surface area (Å²) in [6, 6.07) is 11.0. The Hall–Kier alpha value is -3.61. The number of esters is 1. The third kappa shape index (κ3) is 3.71. The minimum Gasteiger partial charge on any atom is -0.493 e. The molecule has 0 aliphatic heterocycles. The topological polar surface area (TPSA) is 79.0 Å². The van der Waals surface area contributed by atoms with Gasteiger partial charge >= 0.3 is 5.97 Å². The standard InChI is InChI=1S/C22H23NO6/c1-25-16-8-6-13(10-18(16)27-3)15-12-23-21(22(24)29-5)20(15)14-7-9-17(26-2)19(11-14)28-4/h6-12,23H,1-5H3. The van der Waals surface area contributed by atoms with E-state index in [4.69, 9.17) is 23.7 Å². The summed E-state index contributed by atoms with van der Waals surface area (Å²) in [5.74, 6) is 1.89. The van der Waals surface area contributed by atoms with Crippen molar-refractivity contribution in [3.05, 3.63) is 48.3 Å². The highest BCUT2D eigenvalue weighted by molar-refractivity contribution is 6.01. The number of carbonyl (C=O) groups is 1. The minimum absolute atomic E-state index is 0.338. The molecule has 7 nitrogen and oxygen atoms in total. The van der Waals surface area contributed by atoms with Crippen LogP contribution in [0.3, 0.4) is 0 Å². The lowest BCUT2D eigenvalue weighted by Gasteiger charge is -2.13. The molecule has 0 aliphatic rings. The second-order valence-electron chi connectivity index (χ2n) is 6.08. The number of nitrogens with one attached hydrogen (secondary N) is 1. The van der Waals surface area contributed by atoms with Crippen LogP contribution in [0.1, 0.15) is 10.5 Å². The van der Waals surface area contributed by atoms with Gasteiger partial charge in [0.1, 0.15) is 5.69 Å². The number of methoxy groups -OCH3 is 5. The summed E-state index contributed by atoms with van der Waals surface area (Å²) in [4.78, 5) is 15.4. The molecule has 0 saturated heterocycles. The molecule has 29 heavy (non-hydrogen) atoms. The van der Waals surface area contributed by atoms with Gasteiger partial charge in [0.25, 0.3) is 0 Å². The number of benzene rings is 2. The molecule has 0 amide bonds. The number of rotatable bonds is 7. The molecule has 1 aromatic heterocycles. The van der Waals surface area contributed by atoms with Crippen molar-refractivity contribution in [2.45, 2.75) is 0 Å². The number of H-pyrrole nitrogens is 1. The Morgan fingerprint density at radius 3 is 1.76 bits per heavy atom. The molecule has 1 N–H and O–H groups in total. The Balaban J connectivity index is 2.23. The lowest BCUT2D eigenvalue weighted by Crippen LogP contribution is -2.03. The van der Waals surface area contributed by atoms with E-state index in [0.717, 1.165) is 16.7 Å². The lowest BCUT2D eigenvalue weighted by molar-refractivity contribution is 0.0595. The average molecular weight is 397 g/mol. The molecular weight excluding hydrogens is 374 g/mol. The van der Waals surface area contributed by atoms with E-state index in [2.05, 4.69) is 4.98 Å². The van der Waals surface area contributed by atoms with Crippen LogP contribution in [0.4, 0.5) is 0 Å². The Morgan fingerprint density at radius 2 is 1.24 bits per heavy atom. The number of hydrogen-bond donors (Lipinski definition) is 1. The first-order valence-corrected chi connectivity index (χ1v) is 8.82. The molecule has 152 valence electrons. The van der Waals surface area contributed by atoms with Crippen molar-refractivity contribution in [3.8, 4) is 45.3 Å². The summed E-state index contributed by atoms with van der Waals surface area (Å²) >= 11 is 0. The highest BCUT2D eigenvalue weighted by atomic mass is 16.5. The van der Waals surface area contributed by atoms with Crippen LogP contribution in [-0.4, -0.2) is 46.5 Å². The Kier molecular flexibility index (Phi) is 5.97. The molecular formula is C22H23NO6. The maximum atomic E-state index is 12.4. The SMILES string of the molecule is COC(=O)c1[nH]cc(-c2ccc(OC)c(OC)c2)c1-c1ccc(OC)c(OC)c1. The molecule has 1 heterocycles. The monoisotopic (exact) mass is 397 g/mol. The molecule has 2 aromatic carbocycles. The lowest BCUT2D eigenvalue weighted by atomic mass is 9.96. The van der Waals surface area contributed by atoms with Crippen molar-refractivity contribution in [1.29, 1.82) is 0 Å². The molecule has 3 rings (SSSR count). The first-order chi connectivity index (χ1) is 14.1. The van der Waals surface area contributed by atoms with Gasteiger partial charge in [0, 0.05) is 17.3 Å². The van der Waals surface area contributed by atoms with Gasteiger partial charge in [0.05, 0.1) is 35.5 Å². The van der Waals surface area contributed by atoms with Gasteiger partial charge < -0.3 is 28.7 Å². The Morgan fingerprint density at radius 1 is 0.724 bits per heavy atom. The zero-order valence-electron chi connectivity index (χ0n) is 17.0. The molecule has 0 unspecified atom stereocenters. The molecule has 0 atom stereocenters. The average Bonchev–Trinajstić information content (AvgIpc) is 3.22. The van der Waals surface area contributed by atoms with Gasteiger partial charge in [-0.3, -0.25) is 0 Å². The quantitative estimate of drug-likeness (QED) is 0.603. The summed E-state index contributed by atoms with van der Waals surface area (Å²) in [5, 5.41) is 0. The third-order valence-corrected chi connectivity index (χ3v) is 4.64. The summed E-state index contributed by atoms with van der Waals surface area (Å²) in [7, 11) is 7.64. The van der Waals surface area contributed by atoms with Crippen LogP contribution in [0.25, 0.3) is 22.3 Å². The third-order valence-electron chi connectivity index (χ3n) is 4.64. The van der Waals surface area contributed by atoms with E-state index in [1.54, 1.807) is 40.7 Å². The normalized spacial score (nSPS) is 10.4. The Labute approximate surface area is 169 Å². The molecule has 0 saturated carbocycles. The maximum absolute atomic E-state index is 12.4. The van der Waals surface area contributed by atoms with Crippen LogP contribution in [0.15, 0.2) is 42.6 Å². The number of hydrogen-bond acceptors (Lipinski definition) is 6. The predicted octanol–water partition coefficient (Wildman–Crippen LogP) is 4.17.